The van der Waals surface area contributed by atoms with Gasteiger partial charge in [0.05, 0.1) is 11.5 Å². The van der Waals surface area contributed by atoms with Crippen LogP contribution >= 0.6 is 0 Å². The molecule has 2 aromatic carbocycles. The van der Waals surface area contributed by atoms with E-state index in [2.05, 4.69) is 16.6 Å². The third-order valence-electron chi connectivity index (χ3n) is 6.97. The molecule has 3 atom stereocenters. The van der Waals surface area contributed by atoms with E-state index in [1.807, 2.05) is 6.07 Å². The van der Waals surface area contributed by atoms with Crippen molar-refractivity contribution < 1.29 is 27.6 Å². The maximum atomic E-state index is 14.8. The smallest absolute Gasteiger partial charge is 0.287 e. The first kappa shape index (κ1) is 24.5. The topological polar surface area (TPSA) is 91.7 Å². The van der Waals surface area contributed by atoms with Gasteiger partial charge in [0, 0.05) is 24.0 Å². The molecule has 2 N–H and O–H groups in total. The van der Waals surface area contributed by atoms with Crippen molar-refractivity contribution in [2.75, 3.05) is 11.9 Å². The number of furan rings is 1. The van der Waals surface area contributed by atoms with Gasteiger partial charge < -0.3 is 20.0 Å². The lowest BCUT2D eigenvalue weighted by atomic mass is 9.79. The van der Waals surface area contributed by atoms with Crippen molar-refractivity contribution in [1.82, 2.24) is 10.2 Å². The van der Waals surface area contributed by atoms with Crippen LogP contribution in [0.1, 0.15) is 42.8 Å². The molecule has 2 aliphatic heterocycles. The Morgan fingerprint density at radius 3 is 2.76 bits per heavy atom. The van der Waals surface area contributed by atoms with Gasteiger partial charge in [0.25, 0.3) is 5.91 Å². The van der Waals surface area contributed by atoms with Crippen LogP contribution < -0.4 is 10.6 Å². The van der Waals surface area contributed by atoms with E-state index in [1.54, 1.807) is 24.3 Å². The number of amides is 3. The van der Waals surface area contributed by atoms with Gasteiger partial charge in [-0.05, 0) is 44.0 Å². The number of hydrogen-bond acceptors (Lipinski definition) is 4. The van der Waals surface area contributed by atoms with E-state index in [0.717, 1.165) is 5.56 Å². The Bertz CT molecular complexity index is 1470. The van der Waals surface area contributed by atoms with Gasteiger partial charge in [-0.2, -0.15) is 0 Å². The number of carbonyl (C=O) groups excluding carboxylic acids is 3. The number of anilines is 1. The van der Waals surface area contributed by atoms with Gasteiger partial charge in [0.1, 0.15) is 11.7 Å². The van der Waals surface area contributed by atoms with Gasteiger partial charge >= 0.3 is 0 Å². The Morgan fingerprint density at radius 1 is 1.30 bits per heavy atom. The molecule has 0 radical (unpaired) electrons. The normalized spacial score (nSPS) is 21.5. The lowest BCUT2D eigenvalue weighted by Gasteiger charge is -2.30. The number of benzene rings is 2. The van der Waals surface area contributed by atoms with Crippen LogP contribution in [0.3, 0.4) is 0 Å². The first-order chi connectivity index (χ1) is 17.5. The Hall–Kier alpha value is -4.19. The molecule has 7 nitrogen and oxygen atoms in total. The molecule has 0 saturated carbocycles. The lowest BCUT2D eigenvalue weighted by molar-refractivity contribution is -0.134. The van der Waals surface area contributed by atoms with E-state index < -0.39 is 40.8 Å². The van der Waals surface area contributed by atoms with Crippen LogP contribution in [0.2, 0.25) is 0 Å². The summed E-state index contributed by atoms with van der Waals surface area (Å²) in [5, 5.41) is 5.77. The fourth-order valence-electron chi connectivity index (χ4n) is 5.27. The summed E-state index contributed by atoms with van der Waals surface area (Å²) >= 11 is 0. The predicted molar refractivity (Wildman–Crippen MR) is 133 cm³/mol. The van der Waals surface area contributed by atoms with Gasteiger partial charge in [0.2, 0.25) is 11.8 Å². The number of carbonyl (C=O) groups is 3. The Labute approximate surface area is 212 Å². The van der Waals surface area contributed by atoms with Crippen molar-refractivity contribution in [3.8, 4) is 12.3 Å². The maximum absolute atomic E-state index is 14.8. The van der Waals surface area contributed by atoms with Crippen LogP contribution in [0.15, 0.2) is 52.9 Å². The molecule has 1 fully saturated rings. The number of halogens is 2. The largest absolute Gasteiger partial charge is 0.448 e. The van der Waals surface area contributed by atoms with Crippen molar-refractivity contribution in [3.05, 3.63) is 65.7 Å². The zero-order valence-electron chi connectivity index (χ0n) is 20.3. The van der Waals surface area contributed by atoms with Gasteiger partial charge in [-0.25, -0.2) is 8.78 Å². The van der Waals surface area contributed by atoms with Gasteiger partial charge in [-0.3, -0.25) is 14.4 Å². The second-order valence-electron chi connectivity index (χ2n) is 10.2. The highest BCUT2D eigenvalue weighted by Gasteiger charge is 2.56. The molecule has 1 saturated heterocycles. The zero-order chi connectivity index (χ0) is 26.5. The van der Waals surface area contributed by atoms with Crippen LogP contribution in [-0.2, 0) is 15.0 Å². The summed E-state index contributed by atoms with van der Waals surface area (Å²) in [7, 11) is 0. The Kier molecular flexibility index (Phi) is 5.78. The second kappa shape index (κ2) is 8.73. The highest BCUT2D eigenvalue weighted by Crippen LogP contribution is 2.46. The Balaban J connectivity index is 1.44. The SMILES string of the molecule is C#C[C@@H]1C[C@@]2(CN1C(=O)[C@H](CC(C)(C)F)NC(=O)c1cc3cccc(F)c3o1)C(=O)Nc1ccccc12. The quantitative estimate of drug-likeness (QED) is 0.514. The summed E-state index contributed by atoms with van der Waals surface area (Å²) in [6.07, 6.45) is 5.61. The second-order valence-corrected chi connectivity index (χ2v) is 10.2. The summed E-state index contributed by atoms with van der Waals surface area (Å²) in [4.78, 5) is 41.2. The first-order valence-electron chi connectivity index (χ1n) is 11.9. The Morgan fingerprint density at radius 2 is 2.05 bits per heavy atom. The van der Waals surface area contributed by atoms with Gasteiger partial charge in [-0.15, -0.1) is 6.42 Å². The van der Waals surface area contributed by atoms with Crippen LogP contribution in [0.25, 0.3) is 11.0 Å². The fourth-order valence-corrected chi connectivity index (χ4v) is 5.27. The molecule has 3 aromatic rings. The van der Waals surface area contributed by atoms with Gasteiger partial charge in [-0.1, -0.05) is 36.3 Å². The predicted octanol–water partition coefficient (Wildman–Crippen LogP) is 3.93. The molecular weight excluding hydrogens is 480 g/mol. The molecular formula is C28H25F2N3O4. The molecule has 0 aliphatic carbocycles. The average molecular weight is 506 g/mol. The molecule has 1 spiro atoms. The van der Waals surface area contributed by atoms with Crippen molar-refractivity contribution in [3.63, 3.8) is 0 Å². The summed E-state index contributed by atoms with van der Waals surface area (Å²) < 4.78 is 34.2. The molecule has 37 heavy (non-hydrogen) atoms. The third-order valence-corrected chi connectivity index (χ3v) is 6.97. The van der Waals surface area contributed by atoms with E-state index in [1.165, 1.54) is 36.9 Å². The van der Waals surface area contributed by atoms with E-state index in [-0.39, 0.29) is 36.6 Å². The van der Waals surface area contributed by atoms with Crippen molar-refractivity contribution >= 4 is 34.4 Å². The van der Waals surface area contributed by atoms with Crippen molar-refractivity contribution in [2.24, 2.45) is 0 Å². The van der Waals surface area contributed by atoms with Crippen LogP contribution in [-0.4, -0.2) is 46.9 Å². The van der Waals surface area contributed by atoms with Crippen LogP contribution in [0, 0.1) is 18.2 Å². The molecule has 3 heterocycles. The van der Waals surface area contributed by atoms with Gasteiger partial charge in [0.15, 0.2) is 17.2 Å². The highest BCUT2D eigenvalue weighted by atomic mass is 19.1. The molecule has 1 aromatic heterocycles. The average Bonchev–Trinajstić information content (AvgIpc) is 3.53. The third kappa shape index (κ3) is 4.22. The summed E-state index contributed by atoms with van der Waals surface area (Å²) in [5.41, 5.74) is -1.57. The summed E-state index contributed by atoms with van der Waals surface area (Å²) in [6.45, 7) is 2.57. The minimum absolute atomic E-state index is 0.0154. The van der Waals surface area contributed by atoms with Crippen molar-refractivity contribution in [2.45, 2.75) is 49.9 Å². The number of nitrogens with one attached hydrogen (secondary N) is 2. The van der Waals surface area contributed by atoms with Crippen LogP contribution in [0.5, 0.6) is 0 Å². The van der Waals surface area contributed by atoms with E-state index in [0.29, 0.717) is 11.1 Å². The number of hydrogen-bond donors (Lipinski definition) is 2. The monoisotopic (exact) mass is 505 g/mol. The van der Waals surface area contributed by atoms with E-state index in [4.69, 9.17) is 10.8 Å². The number of rotatable bonds is 5. The zero-order valence-corrected chi connectivity index (χ0v) is 20.3. The summed E-state index contributed by atoms with van der Waals surface area (Å²) in [6, 6.07) is 10.8. The summed E-state index contributed by atoms with van der Waals surface area (Å²) in [5.74, 6) is 0.0549. The molecule has 9 heteroatoms. The molecule has 3 amide bonds. The fraction of sp³-hybridized carbons (Fsp3) is 0.321. The van der Waals surface area contributed by atoms with Crippen LogP contribution in [0.4, 0.5) is 14.5 Å². The minimum Gasteiger partial charge on any atom is -0.448 e. The number of para-hydroxylation sites is 2. The van der Waals surface area contributed by atoms with E-state index in [9.17, 15) is 23.2 Å². The number of terminal acetylenes is 1. The highest BCUT2D eigenvalue weighted by molar-refractivity contribution is 6.07. The minimum atomic E-state index is -1.83. The molecule has 2 aliphatic rings. The molecule has 0 bridgehead atoms. The molecule has 190 valence electrons. The first-order valence-corrected chi connectivity index (χ1v) is 11.9. The van der Waals surface area contributed by atoms with E-state index >= 15 is 0 Å². The number of alkyl halides is 1. The number of nitrogens with zero attached hydrogens (tertiary/aromatic N) is 1. The maximum Gasteiger partial charge on any atom is 0.287 e. The number of fused-ring (bicyclic) bond motifs is 3. The lowest BCUT2D eigenvalue weighted by Crippen LogP contribution is -2.52. The molecule has 0 unspecified atom stereocenters. The standard InChI is InChI=1S/C28H25F2N3O4/c1-4-17-13-28(18-9-5-6-11-20(18)32-26(28)36)15-33(17)25(35)21(14-27(2,3)30)31-24(34)22-12-16-8-7-10-19(29)23(16)37-22/h1,5-12,17,21H,13-15H2,2-3H3,(H,31,34)(H,32,36)/t17-,21+,28+/m1/s1. The van der Waals surface area contributed by atoms with Crippen molar-refractivity contribution in [1.29, 1.82) is 0 Å². The number of likely N-dealkylation sites (tertiary alicyclic amines) is 1. The molecule has 5 rings (SSSR count).